The first-order chi connectivity index (χ1) is 6.09. The van der Waals surface area contributed by atoms with E-state index in [1.807, 2.05) is 0 Å². The minimum absolute atomic E-state index is 0.337. The van der Waals surface area contributed by atoms with Gasteiger partial charge in [-0.3, -0.25) is 5.10 Å². The van der Waals surface area contributed by atoms with Crippen molar-refractivity contribution in [3.63, 3.8) is 0 Å². The highest BCUT2D eigenvalue weighted by molar-refractivity contribution is 7.98. The van der Waals surface area contributed by atoms with Crippen LogP contribution in [0.25, 0.3) is 0 Å². The molecular weight excluding hydrogens is 201 g/mol. The van der Waals surface area contributed by atoms with E-state index in [9.17, 15) is 13.2 Å². The van der Waals surface area contributed by atoms with Crippen LogP contribution in [0.15, 0.2) is 0 Å². The van der Waals surface area contributed by atoms with Crippen molar-refractivity contribution >= 4 is 11.8 Å². The maximum absolute atomic E-state index is 12.3. The Morgan fingerprint density at radius 2 is 2.15 bits per heavy atom. The molecule has 13 heavy (non-hydrogen) atoms. The lowest BCUT2D eigenvalue weighted by molar-refractivity contribution is -0.141. The molecule has 1 aliphatic heterocycles. The molecule has 72 valence electrons. The maximum Gasteiger partial charge on any atom is 0.435 e. The Balaban J connectivity index is 2.43. The molecule has 1 N–H and O–H groups in total. The highest BCUT2D eigenvalue weighted by Crippen LogP contribution is 2.35. The predicted octanol–water partition coefficient (Wildman–Crippen LogP) is 2.22. The number of hydrogen-bond acceptors (Lipinski definition) is 2. The highest BCUT2D eigenvalue weighted by atomic mass is 32.2. The quantitative estimate of drug-likeness (QED) is 0.708. The third-order valence-electron chi connectivity index (χ3n) is 1.96. The van der Waals surface area contributed by atoms with Crippen LogP contribution in [0, 0.1) is 0 Å². The van der Waals surface area contributed by atoms with E-state index in [0.29, 0.717) is 23.4 Å². The van der Waals surface area contributed by atoms with E-state index in [1.54, 1.807) is 0 Å². The van der Waals surface area contributed by atoms with Gasteiger partial charge in [0, 0.05) is 17.0 Å². The van der Waals surface area contributed by atoms with Crippen LogP contribution in [0.5, 0.6) is 0 Å². The lowest BCUT2D eigenvalue weighted by atomic mass is 10.1. The number of aromatic amines is 1. The van der Waals surface area contributed by atoms with E-state index >= 15 is 0 Å². The first kappa shape index (κ1) is 8.93. The minimum atomic E-state index is -4.32. The molecule has 0 fully saturated rings. The molecule has 0 aromatic carbocycles. The zero-order valence-electron chi connectivity index (χ0n) is 6.61. The standard InChI is InChI=1S/C7H7F3N2S/c8-7(9,10)6-4-3-13-2-1-5(4)11-12-6/h1-3H2,(H,11,12). The van der Waals surface area contributed by atoms with Gasteiger partial charge in [-0.15, -0.1) is 0 Å². The van der Waals surface area contributed by atoms with Gasteiger partial charge < -0.3 is 0 Å². The summed E-state index contributed by atoms with van der Waals surface area (Å²) in [5.41, 5.74) is 0.240. The van der Waals surface area contributed by atoms with Crippen molar-refractivity contribution < 1.29 is 13.2 Å². The molecule has 0 spiro atoms. The van der Waals surface area contributed by atoms with Gasteiger partial charge in [-0.2, -0.15) is 30.0 Å². The second kappa shape index (κ2) is 2.94. The zero-order valence-corrected chi connectivity index (χ0v) is 7.43. The summed E-state index contributed by atoms with van der Waals surface area (Å²) in [5, 5.41) is 5.76. The number of aryl methyl sites for hydroxylation is 1. The van der Waals surface area contributed by atoms with Crippen molar-refractivity contribution in [2.75, 3.05) is 5.75 Å². The number of H-pyrrole nitrogens is 1. The number of alkyl halides is 3. The number of rotatable bonds is 0. The normalized spacial score (nSPS) is 17.2. The predicted molar refractivity (Wildman–Crippen MR) is 43.5 cm³/mol. The fourth-order valence-electron chi connectivity index (χ4n) is 1.35. The summed E-state index contributed by atoms with van der Waals surface area (Å²) in [5.74, 6) is 1.28. The van der Waals surface area contributed by atoms with Crippen LogP contribution in [-0.4, -0.2) is 16.0 Å². The third-order valence-corrected chi connectivity index (χ3v) is 2.95. The van der Waals surface area contributed by atoms with E-state index in [-0.39, 0.29) is 0 Å². The molecule has 0 amide bonds. The van der Waals surface area contributed by atoms with Gasteiger partial charge in [-0.25, -0.2) is 0 Å². The van der Waals surface area contributed by atoms with Crippen LogP contribution >= 0.6 is 11.8 Å². The molecule has 1 aromatic heterocycles. The number of aromatic nitrogens is 2. The first-order valence-electron chi connectivity index (χ1n) is 3.80. The number of nitrogens with zero attached hydrogens (tertiary/aromatic N) is 1. The summed E-state index contributed by atoms with van der Waals surface area (Å²) in [7, 11) is 0. The van der Waals surface area contributed by atoms with Crippen molar-refractivity contribution in [1.29, 1.82) is 0 Å². The van der Waals surface area contributed by atoms with E-state index < -0.39 is 11.9 Å². The molecule has 0 saturated carbocycles. The van der Waals surface area contributed by atoms with Crippen LogP contribution in [0.2, 0.25) is 0 Å². The van der Waals surface area contributed by atoms with Crippen LogP contribution in [0.1, 0.15) is 17.0 Å². The van der Waals surface area contributed by atoms with E-state index in [0.717, 1.165) is 5.75 Å². The summed E-state index contributed by atoms with van der Waals surface area (Å²) in [6.45, 7) is 0. The second-order valence-electron chi connectivity index (χ2n) is 2.83. The Morgan fingerprint density at radius 3 is 2.85 bits per heavy atom. The van der Waals surface area contributed by atoms with Crippen LogP contribution < -0.4 is 0 Å². The van der Waals surface area contributed by atoms with Gasteiger partial charge in [0.1, 0.15) is 0 Å². The Labute approximate surface area is 76.9 Å². The third kappa shape index (κ3) is 1.54. The number of nitrogens with one attached hydrogen (secondary N) is 1. The molecular formula is C7H7F3N2S. The fourth-order valence-corrected chi connectivity index (χ4v) is 2.35. The first-order valence-corrected chi connectivity index (χ1v) is 4.95. The monoisotopic (exact) mass is 208 g/mol. The van der Waals surface area contributed by atoms with E-state index in [1.165, 1.54) is 11.8 Å². The van der Waals surface area contributed by atoms with Crippen molar-refractivity contribution in [2.24, 2.45) is 0 Å². The lowest BCUT2D eigenvalue weighted by Crippen LogP contribution is -2.10. The van der Waals surface area contributed by atoms with Crippen molar-refractivity contribution in [1.82, 2.24) is 10.2 Å². The van der Waals surface area contributed by atoms with E-state index in [2.05, 4.69) is 10.2 Å². The molecule has 2 nitrogen and oxygen atoms in total. The Morgan fingerprint density at radius 1 is 1.38 bits per heavy atom. The minimum Gasteiger partial charge on any atom is -0.282 e. The average Bonchev–Trinajstić information content (AvgIpc) is 2.45. The zero-order chi connectivity index (χ0) is 9.47. The molecule has 0 radical (unpaired) electrons. The topological polar surface area (TPSA) is 28.7 Å². The maximum atomic E-state index is 12.3. The van der Waals surface area contributed by atoms with Crippen LogP contribution in [0.3, 0.4) is 0 Å². The summed E-state index contributed by atoms with van der Waals surface area (Å²) < 4.78 is 37.0. The number of thioether (sulfide) groups is 1. The van der Waals surface area contributed by atoms with Crippen molar-refractivity contribution in [3.05, 3.63) is 17.0 Å². The molecule has 0 unspecified atom stereocenters. The molecule has 0 bridgehead atoms. The highest BCUT2D eigenvalue weighted by Gasteiger charge is 2.38. The van der Waals surface area contributed by atoms with Gasteiger partial charge >= 0.3 is 6.18 Å². The number of fused-ring (bicyclic) bond motifs is 1. The molecule has 1 aliphatic rings. The fraction of sp³-hybridized carbons (Fsp3) is 0.571. The van der Waals surface area contributed by atoms with Crippen LogP contribution in [-0.2, 0) is 18.3 Å². The molecule has 1 aromatic rings. The second-order valence-corrected chi connectivity index (χ2v) is 3.93. The Kier molecular flexibility index (Phi) is 2.02. The number of halogens is 3. The summed E-state index contributed by atoms with van der Waals surface area (Å²) in [6.07, 6.45) is -3.66. The van der Waals surface area contributed by atoms with Crippen molar-refractivity contribution in [3.8, 4) is 0 Å². The Hall–Kier alpha value is -0.650. The molecule has 2 heterocycles. The van der Waals surface area contributed by atoms with Gasteiger partial charge in [0.05, 0.1) is 0 Å². The van der Waals surface area contributed by atoms with Gasteiger partial charge in [0.15, 0.2) is 5.69 Å². The SMILES string of the molecule is FC(F)(F)c1n[nH]c2c1CSCC2. The van der Waals surface area contributed by atoms with Gasteiger partial charge in [0.25, 0.3) is 0 Å². The number of hydrogen-bond donors (Lipinski definition) is 1. The lowest BCUT2D eigenvalue weighted by Gasteiger charge is -2.11. The molecule has 0 atom stereocenters. The summed E-state index contributed by atoms with van der Waals surface area (Å²) >= 11 is 1.51. The van der Waals surface area contributed by atoms with Gasteiger partial charge in [0.2, 0.25) is 0 Å². The van der Waals surface area contributed by atoms with Gasteiger partial charge in [-0.05, 0) is 12.2 Å². The summed E-state index contributed by atoms with van der Waals surface area (Å²) in [6, 6.07) is 0. The Bertz CT molecular complexity index is 318. The van der Waals surface area contributed by atoms with Crippen molar-refractivity contribution in [2.45, 2.75) is 18.3 Å². The van der Waals surface area contributed by atoms with Crippen LogP contribution in [0.4, 0.5) is 13.2 Å². The molecule has 6 heteroatoms. The smallest absolute Gasteiger partial charge is 0.282 e. The molecule has 2 rings (SSSR count). The average molecular weight is 208 g/mol. The largest absolute Gasteiger partial charge is 0.435 e. The van der Waals surface area contributed by atoms with E-state index in [4.69, 9.17) is 0 Å². The summed E-state index contributed by atoms with van der Waals surface area (Å²) in [4.78, 5) is 0. The molecule has 0 saturated heterocycles. The molecule has 0 aliphatic carbocycles. The van der Waals surface area contributed by atoms with Gasteiger partial charge in [-0.1, -0.05) is 0 Å².